The lowest BCUT2D eigenvalue weighted by atomic mass is 9.89. The Morgan fingerprint density at radius 3 is 3.10 bits per heavy atom. The molecule has 1 aromatic carbocycles. The van der Waals surface area contributed by atoms with Gasteiger partial charge in [-0.05, 0) is 55.3 Å². The van der Waals surface area contributed by atoms with Crippen molar-refractivity contribution in [3.63, 3.8) is 0 Å². The van der Waals surface area contributed by atoms with E-state index >= 15 is 0 Å². The Labute approximate surface area is 128 Å². The highest BCUT2D eigenvalue weighted by atomic mass is 16.5. The third-order valence-corrected chi connectivity index (χ3v) is 4.73. The van der Waals surface area contributed by atoms with E-state index in [0.717, 1.165) is 45.0 Å². The molecule has 21 heavy (non-hydrogen) atoms. The third kappa shape index (κ3) is 3.78. The smallest absolute Gasteiger partial charge is 0.122 e. The molecule has 0 spiro atoms. The molecule has 1 N–H and O–H groups in total. The van der Waals surface area contributed by atoms with Crippen LogP contribution in [0.1, 0.15) is 37.3 Å². The van der Waals surface area contributed by atoms with Crippen molar-refractivity contribution in [1.82, 2.24) is 5.32 Å². The fourth-order valence-corrected chi connectivity index (χ4v) is 3.57. The molecule has 0 aromatic heterocycles. The summed E-state index contributed by atoms with van der Waals surface area (Å²) < 4.78 is 11.2. The van der Waals surface area contributed by atoms with Crippen molar-refractivity contribution < 1.29 is 9.47 Å². The first kappa shape index (κ1) is 14.9. The van der Waals surface area contributed by atoms with E-state index in [1.54, 1.807) is 0 Å². The van der Waals surface area contributed by atoms with Crippen molar-refractivity contribution >= 4 is 0 Å². The average molecular weight is 289 g/mol. The largest absolute Gasteiger partial charge is 0.493 e. The van der Waals surface area contributed by atoms with Crippen molar-refractivity contribution in [1.29, 1.82) is 0 Å². The summed E-state index contributed by atoms with van der Waals surface area (Å²) in [5.41, 5.74) is 2.83. The van der Waals surface area contributed by atoms with E-state index in [1.165, 1.54) is 30.4 Å². The standard InChI is InChI=1S/C18H27NO2/c1-2-19-17(16-4-3-10-20-13-16)7-5-14-6-8-18-15(12-14)9-11-21-18/h6,8,12,16-17,19H,2-5,7,9-11,13H2,1H3. The van der Waals surface area contributed by atoms with Gasteiger partial charge in [0.05, 0.1) is 13.2 Å². The molecule has 2 aliphatic heterocycles. The summed E-state index contributed by atoms with van der Waals surface area (Å²) >= 11 is 0. The first-order valence-electron chi connectivity index (χ1n) is 8.42. The van der Waals surface area contributed by atoms with Gasteiger partial charge in [-0.15, -0.1) is 0 Å². The molecule has 0 aliphatic carbocycles. The van der Waals surface area contributed by atoms with Gasteiger partial charge in [0.1, 0.15) is 5.75 Å². The number of fused-ring (bicyclic) bond motifs is 1. The number of ether oxygens (including phenoxy) is 2. The molecule has 1 saturated heterocycles. The Morgan fingerprint density at radius 2 is 2.29 bits per heavy atom. The van der Waals surface area contributed by atoms with E-state index < -0.39 is 0 Å². The molecule has 2 heterocycles. The van der Waals surface area contributed by atoms with E-state index in [9.17, 15) is 0 Å². The monoisotopic (exact) mass is 289 g/mol. The molecule has 2 aliphatic rings. The van der Waals surface area contributed by atoms with Gasteiger partial charge in [0, 0.05) is 19.1 Å². The van der Waals surface area contributed by atoms with Crippen molar-refractivity contribution in [2.24, 2.45) is 5.92 Å². The zero-order chi connectivity index (χ0) is 14.5. The van der Waals surface area contributed by atoms with Crippen LogP contribution >= 0.6 is 0 Å². The number of aryl methyl sites for hydroxylation is 1. The van der Waals surface area contributed by atoms with Crippen LogP contribution in [0.2, 0.25) is 0 Å². The maximum absolute atomic E-state index is 5.67. The van der Waals surface area contributed by atoms with Crippen LogP contribution in [0.15, 0.2) is 18.2 Å². The molecule has 116 valence electrons. The minimum absolute atomic E-state index is 0.583. The van der Waals surface area contributed by atoms with Crippen molar-refractivity contribution in [2.45, 2.75) is 45.1 Å². The number of hydrogen-bond acceptors (Lipinski definition) is 3. The van der Waals surface area contributed by atoms with Crippen LogP contribution in [-0.4, -0.2) is 32.4 Å². The van der Waals surface area contributed by atoms with Gasteiger partial charge in [-0.3, -0.25) is 0 Å². The summed E-state index contributed by atoms with van der Waals surface area (Å²) in [4.78, 5) is 0. The fraction of sp³-hybridized carbons (Fsp3) is 0.667. The Bertz CT molecular complexity index is 455. The fourth-order valence-electron chi connectivity index (χ4n) is 3.57. The SMILES string of the molecule is CCNC(CCc1ccc2c(c1)CCO2)C1CCCOC1. The lowest BCUT2D eigenvalue weighted by Crippen LogP contribution is -2.40. The van der Waals surface area contributed by atoms with E-state index in [0.29, 0.717) is 12.0 Å². The van der Waals surface area contributed by atoms with E-state index in [4.69, 9.17) is 9.47 Å². The van der Waals surface area contributed by atoms with Gasteiger partial charge in [0.25, 0.3) is 0 Å². The molecule has 0 saturated carbocycles. The summed E-state index contributed by atoms with van der Waals surface area (Å²) in [6, 6.07) is 7.29. The highest BCUT2D eigenvalue weighted by Gasteiger charge is 2.23. The van der Waals surface area contributed by atoms with Crippen LogP contribution in [0, 0.1) is 5.92 Å². The third-order valence-electron chi connectivity index (χ3n) is 4.73. The molecule has 1 aromatic rings. The Kier molecular flexibility index (Phi) is 5.15. The van der Waals surface area contributed by atoms with Gasteiger partial charge in [-0.2, -0.15) is 0 Å². The predicted molar refractivity (Wildman–Crippen MR) is 85.0 cm³/mol. The van der Waals surface area contributed by atoms with Gasteiger partial charge in [0.15, 0.2) is 0 Å². The molecule has 3 rings (SSSR count). The van der Waals surface area contributed by atoms with Crippen LogP contribution in [0.25, 0.3) is 0 Å². The molecule has 2 unspecified atom stereocenters. The maximum Gasteiger partial charge on any atom is 0.122 e. The minimum Gasteiger partial charge on any atom is -0.493 e. The molecule has 2 atom stereocenters. The molecule has 3 nitrogen and oxygen atoms in total. The lowest BCUT2D eigenvalue weighted by molar-refractivity contribution is 0.0382. The Hall–Kier alpha value is -1.06. The Morgan fingerprint density at radius 1 is 1.33 bits per heavy atom. The van der Waals surface area contributed by atoms with E-state index in [1.807, 2.05) is 0 Å². The average Bonchev–Trinajstić information content (AvgIpc) is 3.00. The first-order chi connectivity index (χ1) is 10.4. The number of rotatable bonds is 6. The summed E-state index contributed by atoms with van der Waals surface area (Å²) in [5, 5.41) is 3.67. The normalized spacial score (nSPS) is 22.6. The minimum atomic E-state index is 0.583. The van der Waals surface area contributed by atoms with Gasteiger partial charge in [-0.1, -0.05) is 19.1 Å². The van der Waals surface area contributed by atoms with Gasteiger partial charge in [0.2, 0.25) is 0 Å². The van der Waals surface area contributed by atoms with Gasteiger partial charge in [-0.25, -0.2) is 0 Å². The van der Waals surface area contributed by atoms with Gasteiger partial charge >= 0.3 is 0 Å². The second-order valence-electron chi connectivity index (χ2n) is 6.22. The highest BCUT2D eigenvalue weighted by molar-refractivity contribution is 5.39. The van der Waals surface area contributed by atoms with Crippen LogP contribution in [-0.2, 0) is 17.6 Å². The molecule has 1 fully saturated rings. The number of hydrogen-bond donors (Lipinski definition) is 1. The Balaban J connectivity index is 1.58. The number of benzene rings is 1. The van der Waals surface area contributed by atoms with E-state index in [-0.39, 0.29) is 0 Å². The maximum atomic E-state index is 5.67. The van der Waals surface area contributed by atoms with Crippen LogP contribution in [0.5, 0.6) is 5.75 Å². The first-order valence-corrected chi connectivity index (χ1v) is 8.42. The van der Waals surface area contributed by atoms with Crippen LogP contribution in [0.3, 0.4) is 0 Å². The lowest BCUT2D eigenvalue weighted by Gasteiger charge is -2.31. The summed E-state index contributed by atoms with van der Waals surface area (Å²) in [6.07, 6.45) is 5.91. The second-order valence-corrected chi connectivity index (χ2v) is 6.22. The molecule has 3 heteroatoms. The van der Waals surface area contributed by atoms with E-state index in [2.05, 4.69) is 30.4 Å². The molecule has 0 bridgehead atoms. The molecular weight excluding hydrogens is 262 g/mol. The number of nitrogens with one attached hydrogen (secondary N) is 1. The summed E-state index contributed by atoms with van der Waals surface area (Å²) in [7, 11) is 0. The molecular formula is C18H27NO2. The zero-order valence-electron chi connectivity index (χ0n) is 13.1. The zero-order valence-corrected chi connectivity index (χ0v) is 13.1. The topological polar surface area (TPSA) is 30.5 Å². The predicted octanol–water partition coefficient (Wildman–Crippen LogP) is 2.96. The molecule has 0 amide bonds. The summed E-state index contributed by atoms with van der Waals surface area (Å²) in [6.45, 7) is 5.96. The van der Waals surface area contributed by atoms with Gasteiger partial charge < -0.3 is 14.8 Å². The van der Waals surface area contributed by atoms with Crippen LogP contribution < -0.4 is 10.1 Å². The summed E-state index contributed by atoms with van der Waals surface area (Å²) in [5.74, 6) is 1.76. The second kappa shape index (κ2) is 7.28. The van der Waals surface area contributed by atoms with Crippen molar-refractivity contribution in [3.05, 3.63) is 29.3 Å². The van der Waals surface area contributed by atoms with Crippen molar-refractivity contribution in [2.75, 3.05) is 26.4 Å². The van der Waals surface area contributed by atoms with Crippen LogP contribution in [0.4, 0.5) is 0 Å². The molecule has 0 radical (unpaired) electrons. The highest BCUT2D eigenvalue weighted by Crippen LogP contribution is 2.27. The van der Waals surface area contributed by atoms with Crippen molar-refractivity contribution in [3.8, 4) is 5.75 Å². The quantitative estimate of drug-likeness (QED) is 0.873.